The number of fused-ring (bicyclic) bond motifs is 1. The molecule has 3 rings (SSSR count). The first kappa shape index (κ1) is 20.6. The van der Waals surface area contributed by atoms with Crippen LogP contribution < -0.4 is 10.6 Å². The Kier molecular flexibility index (Phi) is 7.02. The summed E-state index contributed by atoms with van der Waals surface area (Å²) < 4.78 is 18.7. The van der Waals surface area contributed by atoms with E-state index in [0.29, 0.717) is 23.0 Å². The lowest BCUT2D eigenvalue weighted by Crippen LogP contribution is -2.16. The summed E-state index contributed by atoms with van der Waals surface area (Å²) in [6.45, 7) is 2.05. The van der Waals surface area contributed by atoms with Gasteiger partial charge in [0, 0.05) is 5.70 Å². The van der Waals surface area contributed by atoms with Gasteiger partial charge in [0.05, 0.1) is 40.9 Å². The normalized spacial score (nSPS) is 12.6. The molecule has 2 aromatic rings. The first-order valence-electron chi connectivity index (χ1n) is 9.03. The third-order valence-electron chi connectivity index (χ3n) is 3.87. The quantitative estimate of drug-likeness (QED) is 0.682. The van der Waals surface area contributed by atoms with Gasteiger partial charge in [-0.3, -0.25) is 9.59 Å². The smallest absolute Gasteiger partial charge is 0.311 e. The van der Waals surface area contributed by atoms with Crippen molar-refractivity contribution in [3.63, 3.8) is 0 Å². The molecule has 0 fully saturated rings. The summed E-state index contributed by atoms with van der Waals surface area (Å²) in [5, 5.41) is 6.30. The van der Waals surface area contributed by atoms with Gasteiger partial charge >= 0.3 is 5.97 Å². The molecule has 0 saturated heterocycles. The Morgan fingerprint density at radius 2 is 1.93 bits per heavy atom. The fourth-order valence-corrected chi connectivity index (χ4v) is 3.35. The number of rotatable bonds is 6. The van der Waals surface area contributed by atoms with E-state index >= 15 is 0 Å². The van der Waals surface area contributed by atoms with Crippen LogP contribution in [0.2, 0.25) is 0 Å². The van der Waals surface area contributed by atoms with Crippen LogP contribution in [0.5, 0.6) is 0 Å². The topological polar surface area (TPSA) is 79.8 Å². The second-order valence-corrected chi connectivity index (χ2v) is 7.06. The van der Waals surface area contributed by atoms with E-state index in [4.69, 9.17) is 4.74 Å². The van der Waals surface area contributed by atoms with Crippen LogP contribution in [-0.4, -0.2) is 29.3 Å². The molecule has 1 aliphatic heterocycles. The minimum absolute atomic E-state index is 0.0402. The van der Waals surface area contributed by atoms with Gasteiger partial charge in [-0.25, -0.2) is 9.38 Å². The molecule has 0 bridgehead atoms. The standard InChI is InChI=1S/C21H20FN3O3S/c1-2-28-21(27)12-14-11-20(25-18-10-6-5-9-17(18)23-14)29-13-19(26)24-16-8-4-3-7-15(16)22/h3-11,23H,2,12-13H2,1H3,(H,24,26). The van der Waals surface area contributed by atoms with E-state index in [9.17, 15) is 14.0 Å². The van der Waals surface area contributed by atoms with Crippen LogP contribution in [0.25, 0.3) is 0 Å². The zero-order valence-electron chi connectivity index (χ0n) is 15.8. The highest BCUT2D eigenvalue weighted by Crippen LogP contribution is 2.31. The van der Waals surface area contributed by atoms with Crippen molar-refractivity contribution < 1.29 is 18.7 Å². The number of hydrogen-bond acceptors (Lipinski definition) is 6. The lowest BCUT2D eigenvalue weighted by atomic mass is 10.2. The van der Waals surface area contributed by atoms with E-state index in [1.807, 2.05) is 24.3 Å². The Balaban J connectivity index is 1.72. The molecule has 1 amide bonds. The van der Waals surface area contributed by atoms with Gasteiger partial charge in [-0.2, -0.15) is 0 Å². The number of nitrogens with zero attached hydrogens (tertiary/aromatic N) is 1. The van der Waals surface area contributed by atoms with Crippen molar-refractivity contribution in [2.75, 3.05) is 23.0 Å². The fraction of sp³-hybridized carbons (Fsp3) is 0.190. The SMILES string of the molecule is CCOC(=O)CC1=CC(SCC(=O)Nc2ccccc2F)=Nc2ccccc2N1. The highest BCUT2D eigenvalue weighted by atomic mass is 32.2. The molecule has 2 aromatic carbocycles. The molecular formula is C21H20FN3O3S. The molecule has 0 radical (unpaired) electrons. The number of thioether (sulfide) groups is 1. The number of esters is 1. The molecule has 0 aliphatic carbocycles. The maximum Gasteiger partial charge on any atom is 0.311 e. The number of halogens is 1. The van der Waals surface area contributed by atoms with Crippen LogP contribution >= 0.6 is 11.8 Å². The Labute approximate surface area is 172 Å². The molecule has 0 atom stereocenters. The maximum atomic E-state index is 13.7. The van der Waals surface area contributed by atoms with E-state index in [2.05, 4.69) is 15.6 Å². The van der Waals surface area contributed by atoms with Gasteiger partial charge in [-0.15, -0.1) is 0 Å². The predicted molar refractivity (Wildman–Crippen MR) is 114 cm³/mol. The van der Waals surface area contributed by atoms with Gasteiger partial charge in [0.15, 0.2) is 0 Å². The third kappa shape index (κ3) is 5.92. The second kappa shape index (κ2) is 9.88. The van der Waals surface area contributed by atoms with E-state index < -0.39 is 5.82 Å². The summed E-state index contributed by atoms with van der Waals surface area (Å²) in [4.78, 5) is 28.7. The molecule has 0 saturated carbocycles. The number of para-hydroxylation sites is 3. The van der Waals surface area contributed by atoms with Crippen molar-refractivity contribution in [2.24, 2.45) is 4.99 Å². The highest BCUT2D eigenvalue weighted by molar-refractivity contribution is 8.14. The summed E-state index contributed by atoms with van der Waals surface area (Å²) in [5.74, 6) is -1.16. The Hall–Kier alpha value is -3.13. The zero-order valence-corrected chi connectivity index (χ0v) is 16.6. The van der Waals surface area contributed by atoms with Crippen molar-refractivity contribution in [3.8, 4) is 0 Å². The van der Waals surface area contributed by atoms with Gasteiger partial charge in [0.2, 0.25) is 5.91 Å². The number of anilines is 2. The van der Waals surface area contributed by atoms with Crippen LogP contribution in [-0.2, 0) is 14.3 Å². The van der Waals surface area contributed by atoms with E-state index in [1.54, 1.807) is 25.1 Å². The minimum Gasteiger partial charge on any atom is -0.466 e. The number of benzene rings is 2. The summed E-state index contributed by atoms with van der Waals surface area (Å²) in [6, 6.07) is 13.4. The van der Waals surface area contributed by atoms with E-state index in [1.165, 1.54) is 23.9 Å². The monoisotopic (exact) mass is 413 g/mol. The summed E-state index contributed by atoms with van der Waals surface area (Å²) in [7, 11) is 0. The summed E-state index contributed by atoms with van der Waals surface area (Å²) in [5.41, 5.74) is 2.20. The summed E-state index contributed by atoms with van der Waals surface area (Å²) >= 11 is 1.20. The minimum atomic E-state index is -0.493. The molecule has 150 valence electrons. The van der Waals surface area contributed by atoms with Gasteiger partial charge in [0.1, 0.15) is 5.82 Å². The Bertz CT molecular complexity index is 975. The lowest BCUT2D eigenvalue weighted by Gasteiger charge is -2.10. The highest BCUT2D eigenvalue weighted by Gasteiger charge is 2.16. The average molecular weight is 413 g/mol. The van der Waals surface area contributed by atoms with Crippen LogP contribution in [0.1, 0.15) is 13.3 Å². The first-order valence-corrected chi connectivity index (χ1v) is 10.0. The number of hydrogen-bond donors (Lipinski definition) is 2. The zero-order chi connectivity index (χ0) is 20.6. The van der Waals surface area contributed by atoms with Crippen LogP contribution in [0.15, 0.2) is 65.3 Å². The van der Waals surface area contributed by atoms with Crippen LogP contribution in [0.3, 0.4) is 0 Å². The average Bonchev–Trinajstić information content (AvgIpc) is 2.87. The number of nitrogens with one attached hydrogen (secondary N) is 2. The number of aliphatic imine (C=N–C) groups is 1. The summed E-state index contributed by atoms with van der Waals surface area (Å²) in [6.07, 6.45) is 1.78. The fourth-order valence-electron chi connectivity index (χ4n) is 2.61. The Morgan fingerprint density at radius 3 is 2.72 bits per heavy atom. The molecular weight excluding hydrogens is 393 g/mol. The first-order chi connectivity index (χ1) is 14.0. The molecule has 1 aliphatic rings. The molecule has 1 heterocycles. The predicted octanol–water partition coefficient (Wildman–Crippen LogP) is 4.49. The van der Waals surface area contributed by atoms with E-state index in [-0.39, 0.29) is 29.7 Å². The lowest BCUT2D eigenvalue weighted by molar-refractivity contribution is -0.142. The van der Waals surface area contributed by atoms with Gasteiger partial charge in [-0.05, 0) is 37.3 Å². The van der Waals surface area contributed by atoms with Gasteiger partial charge in [-0.1, -0.05) is 36.0 Å². The third-order valence-corrected chi connectivity index (χ3v) is 4.78. The van der Waals surface area contributed by atoms with Crippen LogP contribution in [0.4, 0.5) is 21.5 Å². The second-order valence-electron chi connectivity index (χ2n) is 6.06. The van der Waals surface area contributed by atoms with Crippen molar-refractivity contribution in [1.29, 1.82) is 0 Å². The number of carbonyl (C=O) groups is 2. The number of ether oxygens (including phenoxy) is 1. The maximum absolute atomic E-state index is 13.7. The molecule has 6 nitrogen and oxygen atoms in total. The van der Waals surface area contributed by atoms with Crippen molar-refractivity contribution in [2.45, 2.75) is 13.3 Å². The van der Waals surface area contributed by atoms with Gasteiger partial charge < -0.3 is 15.4 Å². The molecule has 0 spiro atoms. The van der Waals surface area contributed by atoms with E-state index in [0.717, 1.165) is 5.69 Å². The molecule has 8 heteroatoms. The van der Waals surface area contributed by atoms with Crippen molar-refractivity contribution >= 4 is 45.7 Å². The molecule has 0 aromatic heterocycles. The number of amides is 1. The molecule has 0 unspecified atom stereocenters. The molecule has 2 N–H and O–H groups in total. The van der Waals surface area contributed by atoms with Gasteiger partial charge in [0.25, 0.3) is 0 Å². The van der Waals surface area contributed by atoms with Crippen molar-refractivity contribution in [1.82, 2.24) is 0 Å². The largest absolute Gasteiger partial charge is 0.466 e. The van der Waals surface area contributed by atoms with Crippen LogP contribution in [0, 0.1) is 5.82 Å². The number of carbonyl (C=O) groups excluding carboxylic acids is 2. The van der Waals surface area contributed by atoms with Crippen molar-refractivity contribution in [3.05, 3.63) is 66.1 Å². The Morgan fingerprint density at radius 1 is 1.17 bits per heavy atom. The molecule has 29 heavy (non-hydrogen) atoms.